The second-order valence-corrected chi connectivity index (χ2v) is 8.78. The highest BCUT2D eigenvalue weighted by Gasteiger charge is 2.44. The van der Waals surface area contributed by atoms with Crippen LogP contribution in [0.4, 0.5) is 4.79 Å². The van der Waals surface area contributed by atoms with E-state index >= 15 is 0 Å². The molecule has 0 bridgehead atoms. The van der Waals surface area contributed by atoms with Crippen molar-refractivity contribution in [1.29, 1.82) is 0 Å². The molecule has 1 spiro atoms. The molecule has 3 saturated heterocycles. The highest BCUT2D eigenvalue weighted by Crippen LogP contribution is 2.33. The second-order valence-electron chi connectivity index (χ2n) is 8.78. The van der Waals surface area contributed by atoms with E-state index in [0.717, 1.165) is 45.1 Å². The van der Waals surface area contributed by atoms with Crippen molar-refractivity contribution < 1.29 is 23.8 Å². The number of ether oxygens (including phenoxy) is 3. The molecule has 3 unspecified atom stereocenters. The van der Waals surface area contributed by atoms with E-state index in [2.05, 4.69) is 5.32 Å². The summed E-state index contributed by atoms with van der Waals surface area (Å²) in [7, 11) is 0. The molecule has 0 aromatic heterocycles. The molecule has 3 rings (SSSR count). The van der Waals surface area contributed by atoms with E-state index in [-0.39, 0.29) is 29.8 Å². The van der Waals surface area contributed by atoms with E-state index in [1.54, 1.807) is 4.90 Å². The average Bonchev–Trinajstić information content (AvgIpc) is 2.61. The zero-order valence-electron chi connectivity index (χ0n) is 16.2. The smallest absolute Gasteiger partial charge is 0.410 e. The van der Waals surface area contributed by atoms with Crippen molar-refractivity contribution in [2.45, 2.75) is 69.9 Å². The summed E-state index contributed by atoms with van der Waals surface area (Å²) < 4.78 is 17.9. The van der Waals surface area contributed by atoms with E-state index in [1.807, 2.05) is 20.8 Å². The number of morpholine rings is 1. The summed E-state index contributed by atoms with van der Waals surface area (Å²) in [6, 6.07) is 0. The SMILES string of the molecule is CC(C)(C)OC(=O)N1CCC2(CC1)CNCC(C1CCC(C=O)CO1)O2. The molecule has 148 valence electrons. The van der Waals surface area contributed by atoms with Crippen LogP contribution < -0.4 is 5.32 Å². The predicted octanol–water partition coefficient (Wildman–Crippen LogP) is 1.74. The van der Waals surface area contributed by atoms with Gasteiger partial charge in [-0.05, 0) is 46.5 Å². The summed E-state index contributed by atoms with van der Waals surface area (Å²) in [5.41, 5.74) is -0.718. The number of hydrogen-bond donors (Lipinski definition) is 1. The lowest BCUT2D eigenvalue weighted by atomic mass is 9.88. The lowest BCUT2D eigenvalue weighted by molar-refractivity contribution is -0.191. The topological polar surface area (TPSA) is 77.1 Å². The van der Waals surface area contributed by atoms with Crippen molar-refractivity contribution in [2.75, 3.05) is 32.8 Å². The number of likely N-dealkylation sites (tertiary alicyclic amines) is 1. The molecule has 3 fully saturated rings. The molecule has 3 atom stereocenters. The van der Waals surface area contributed by atoms with Gasteiger partial charge >= 0.3 is 6.09 Å². The van der Waals surface area contributed by atoms with Crippen LogP contribution in [0.2, 0.25) is 0 Å². The normalized spacial score (nSPS) is 32.3. The third-order valence-corrected chi connectivity index (χ3v) is 5.47. The molecule has 1 amide bonds. The standard InChI is InChI=1S/C19H32N2O5/c1-18(2,3)26-17(23)21-8-6-19(7-9-21)13-20-10-16(25-19)15-5-4-14(11-22)12-24-15/h11,14-16,20H,4-10,12-13H2,1-3H3. The van der Waals surface area contributed by atoms with Crippen molar-refractivity contribution in [3.05, 3.63) is 0 Å². The van der Waals surface area contributed by atoms with Crippen LogP contribution >= 0.6 is 0 Å². The van der Waals surface area contributed by atoms with Gasteiger partial charge in [-0.15, -0.1) is 0 Å². The molecular formula is C19H32N2O5. The van der Waals surface area contributed by atoms with Gasteiger partial charge in [0.1, 0.15) is 11.9 Å². The Kier molecular flexibility index (Phi) is 5.89. The molecule has 0 aromatic carbocycles. The minimum absolute atomic E-state index is 0.00410. The molecule has 0 aromatic rings. The molecule has 7 nitrogen and oxygen atoms in total. The van der Waals surface area contributed by atoms with Crippen LogP contribution in [0, 0.1) is 5.92 Å². The molecule has 0 aliphatic carbocycles. The maximum Gasteiger partial charge on any atom is 0.410 e. The Bertz CT molecular complexity index is 503. The van der Waals surface area contributed by atoms with Gasteiger partial charge in [-0.1, -0.05) is 0 Å². The third kappa shape index (κ3) is 4.75. The van der Waals surface area contributed by atoms with Crippen molar-refractivity contribution in [3.63, 3.8) is 0 Å². The average molecular weight is 368 g/mol. The van der Waals surface area contributed by atoms with Gasteiger partial charge in [-0.3, -0.25) is 0 Å². The Morgan fingerprint density at radius 3 is 2.54 bits per heavy atom. The highest BCUT2D eigenvalue weighted by atomic mass is 16.6. The number of nitrogens with one attached hydrogen (secondary N) is 1. The summed E-state index contributed by atoms with van der Waals surface area (Å²) >= 11 is 0. The molecule has 3 heterocycles. The molecule has 3 aliphatic rings. The summed E-state index contributed by atoms with van der Waals surface area (Å²) in [4.78, 5) is 24.9. The first-order valence-corrected chi connectivity index (χ1v) is 9.74. The Hall–Kier alpha value is -1.18. The molecular weight excluding hydrogens is 336 g/mol. The first kappa shape index (κ1) is 19.6. The Labute approximate surface area is 155 Å². The maximum atomic E-state index is 12.3. The van der Waals surface area contributed by atoms with Crippen molar-refractivity contribution in [1.82, 2.24) is 10.2 Å². The molecule has 26 heavy (non-hydrogen) atoms. The van der Waals surface area contributed by atoms with Crippen molar-refractivity contribution in [3.8, 4) is 0 Å². The van der Waals surface area contributed by atoms with Crippen LogP contribution in [0.25, 0.3) is 0 Å². The fourth-order valence-corrected chi connectivity index (χ4v) is 3.96. The van der Waals surface area contributed by atoms with Gasteiger partial charge < -0.3 is 29.2 Å². The number of carbonyl (C=O) groups is 2. The first-order valence-electron chi connectivity index (χ1n) is 9.74. The monoisotopic (exact) mass is 368 g/mol. The fraction of sp³-hybridized carbons (Fsp3) is 0.895. The number of nitrogens with zero attached hydrogens (tertiary/aromatic N) is 1. The number of rotatable bonds is 2. The zero-order valence-corrected chi connectivity index (χ0v) is 16.2. The van der Waals surface area contributed by atoms with Gasteiger partial charge in [0.2, 0.25) is 0 Å². The molecule has 0 radical (unpaired) electrons. The number of carbonyl (C=O) groups excluding carboxylic acids is 2. The van der Waals surface area contributed by atoms with Gasteiger partial charge in [0.25, 0.3) is 0 Å². The third-order valence-electron chi connectivity index (χ3n) is 5.47. The fourth-order valence-electron chi connectivity index (χ4n) is 3.96. The lowest BCUT2D eigenvalue weighted by Gasteiger charge is -2.48. The Morgan fingerprint density at radius 1 is 1.23 bits per heavy atom. The van der Waals surface area contributed by atoms with Gasteiger partial charge in [0, 0.05) is 32.1 Å². The number of hydrogen-bond acceptors (Lipinski definition) is 6. The van der Waals surface area contributed by atoms with Crippen LogP contribution in [-0.2, 0) is 19.0 Å². The molecule has 3 aliphatic heterocycles. The van der Waals surface area contributed by atoms with Crippen LogP contribution in [0.1, 0.15) is 46.5 Å². The van der Waals surface area contributed by atoms with Gasteiger partial charge in [0.05, 0.1) is 24.4 Å². The van der Waals surface area contributed by atoms with E-state index < -0.39 is 5.60 Å². The lowest BCUT2D eigenvalue weighted by Crippen LogP contribution is -2.61. The quantitative estimate of drug-likeness (QED) is 0.748. The van der Waals surface area contributed by atoms with E-state index in [0.29, 0.717) is 19.7 Å². The largest absolute Gasteiger partial charge is 0.444 e. The minimum atomic E-state index is -0.474. The summed E-state index contributed by atoms with van der Waals surface area (Å²) in [5, 5.41) is 3.49. The Morgan fingerprint density at radius 2 is 1.96 bits per heavy atom. The first-order chi connectivity index (χ1) is 12.3. The Balaban J connectivity index is 1.52. The van der Waals surface area contributed by atoms with Gasteiger partial charge in [-0.25, -0.2) is 4.79 Å². The van der Waals surface area contributed by atoms with Crippen molar-refractivity contribution in [2.24, 2.45) is 5.92 Å². The maximum absolute atomic E-state index is 12.3. The van der Waals surface area contributed by atoms with Crippen LogP contribution in [0.5, 0.6) is 0 Å². The highest BCUT2D eigenvalue weighted by molar-refractivity contribution is 5.68. The predicted molar refractivity (Wildman–Crippen MR) is 96.0 cm³/mol. The number of aldehydes is 1. The summed E-state index contributed by atoms with van der Waals surface area (Å²) in [6.07, 6.45) is 4.10. The number of amides is 1. The van der Waals surface area contributed by atoms with Gasteiger partial charge in [-0.2, -0.15) is 0 Å². The second kappa shape index (κ2) is 7.82. The molecule has 0 saturated carbocycles. The van der Waals surface area contributed by atoms with Crippen molar-refractivity contribution >= 4 is 12.4 Å². The molecule has 7 heteroatoms. The van der Waals surface area contributed by atoms with Gasteiger partial charge in [0.15, 0.2) is 0 Å². The van der Waals surface area contributed by atoms with Crippen LogP contribution in [-0.4, -0.2) is 73.5 Å². The van der Waals surface area contributed by atoms with E-state index in [9.17, 15) is 9.59 Å². The minimum Gasteiger partial charge on any atom is -0.444 e. The van der Waals surface area contributed by atoms with E-state index in [4.69, 9.17) is 14.2 Å². The van der Waals surface area contributed by atoms with Crippen LogP contribution in [0.3, 0.4) is 0 Å². The molecule has 1 N–H and O–H groups in total. The van der Waals surface area contributed by atoms with E-state index in [1.165, 1.54) is 0 Å². The number of piperidine rings is 1. The van der Waals surface area contributed by atoms with Crippen LogP contribution in [0.15, 0.2) is 0 Å². The summed E-state index contributed by atoms with van der Waals surface area (Å²) in [6.45, 7) is 9.00. The summed E-state index contributed by atoms with van der Waals surface area (Å²) in [5.74, 6) is 0.0221. The zero-order chi connectivity index (χ0) is 18.8.